The van der Waals surface area contributed by atoms with Gasteiger partial charge in [0.15, 0.2) is 5.76 Å². The van der Waals surface area contributed by atoms with E-state index in [1.165, 1.54) is 6.33 Å². The minimum absolute atomic E-state index is 0.118. The maximum absolute atomic E-state index is 12.1. The van der Waals surface area contributed by atoms with Crippen LogP contribution in [0.2, 0.25) is 0 Å². The summed E-state index contributed by atoms with van der Waals surface area (Å²) in [6.07, 6.45) is 3.05. The molecular formula is C16H16N4O3. The summed E-state index contributed by atoms with van der Waals surface area (Å²) in [6, 6.07) is 12.3. The summed E-state index contributed by atoms with van der Waals surface area (Å²) in [5.41, 5.74) is 0. The van der Waals surface area contributed by atoms with Gasteiger partial charge in [-0.15, -0.1) is 0 Å². The average molecular weight is 312 g/mol. The van der Waals surface area contributed by atoms with Crippen molar-refractivity contribution >= 4 is 5.91 Å². The maximum Gasteiger partial charge on any atom is 0.290 e. The van der Waals surface area contributed by atoms with Gasteiger partial charge in [-0.1, -0.05) is 18.2 Å². The normalized spacial score (nSPS) is 11.9. The molecule has 0 aliphatic heterocycles. The zero-order chi connectivity index (χ0) is 16.1. The van der Waals surface area contributed by atoms with Crippen molar-refractivity contribution in [1.82, 2.24) is 20.1 Å². The van der Waals surface area contributed by atoms with Crippen LogP contribution in [0.5, 0.6) is 11.7 Å². The Hall–Kier alpha value is -3.09. The summed E-state index contributed by atoms with van der Waals surface area (Å²) in [7, 11) is 0. The number of aromatic nitrogens is 3. The van der Waals surface area contributed by atoms with Crippen LogP contribution in [-0.2, 0) is 6.54 Å². The molecule has 1 amide bonds. The van der Waals surface area contributed by atoms with E-state index in [4.69, 9.17) is 9.15 Å². The van der Waals surface area contributed by atoms with Crippen molar-refractivity contribution in [2.75, 3.05) is 0 Å². The molecule has 0 bridgehead atoms. The molecule has 0 saturated carbocycles. The molecule has 0 radical (unpaired) electrons. The van der Waals surface area contributed by atoms with Crippen LogP contribution in [-0.4, -0.2) is 26.7 Å². The molecule has 2 heterocycles. The Morgan fingerprint density at radius 2 is 2.13 bits per heavy atom. The maximum atomic E-state index is 12.1. The van der Waals surface area contributed by atoms with Crippen molar-refractivity contribution in [3.8, 4) is 11.7 Å². The van der Waals surface area contributed by atoms with Crippen molar-refractivity contribution in [2.45, 2.75) is 19.5 Å². The van der Waals surface area contributed by atoms with E-state index in [0.29, 0.717) is 12.3 Å². The fraction of sp³-hybridized carbons (Fsp3) is 0.188. The van der Waals surface area contributed by atoms with Crippen LogP contribution in [0, 0.1) is 0 Å². The molecule has 0 aliphatic carbocycles. The molecule has 1 N–H and O–H groups in total. The molecule has 0 saturated heterocycles. The lowest BCUT2D eigenvalue weighted by Crippen LogP contribution is -2.35. The van der Waals surface area contributed by atoms with Gasteiger partial charge in [-0.05, 0) is 25.1 Å². The first-order chi connectivity index (χ1) is 11.2. The summed E-state index contributed by atoms with van der Waals surface area (Å²) in [6.45, 7) is 2.41. The minimum atomic E-state index is -0.305. The highest BCUT2D eigenvalue weighted by Crippen LogP contribution is 2.23. The van der Waals surface area contributed by atoms with Crippen LogP contribution in [0.1, 0.15) is 17.5 Å². The summed E-state index contributed by atoms with van der Waals surface area (Å²) in [5, 5.41) is 6.83. The van der Waals surface area contributed by atoms with Crippen LogP contribution in [0.25, 0.3) is 0 Å². The third-order valence-corrected chi connectivity index (χ3v) is 3.07. The molecule has 0 unspecified atom stereocenters. The summed E-state index contributed by atoms with van der Waals surface area (Å²) in [5.74, 6) is 0.806. The molecule has 7 heteroatoms. The number of nitrogens with zero attached hydrogens (tertiary/aromatic N) is 3. The van der Waals surface area contributed by atoms with Gasteiger partial charge >= 0.3 is 0 Å². The number of benzene rings is 1. The monoisotopic (exact) mass is 312 g/mol. The molecule has 3 rings (SSSR count). The molecule has 0 aliphatic rings. The molecule has 0 spiro atoms. The zero-order valence-electron chi connectivity index (χ0n) is 12.5. The quantitative estimate of drug-likeness (QED) is 0.756. The molecule has 23 heavy (non-hydrogen) atoms. The number of carbonyl (C=O) groups is 1. The Balaban J connectivity index is 1.57. The number of carbonyl (C=O) groups excluding carboxylic acids is 1. The molecule has 2 aromatic heterocycles. The lowest BCUT2D eigenvalue weighted by Gasteiger charge is -2.12. The number of furan rings is 1. The van der Waals surface area contributed by atoms with Gasteiger partial charge in [-0.25, -0.2) is 4.98 Å². The van der Waals surface area contributed by atoms with Gasteiger partial charge in [-0.2, -0.15) is 5.10 Å². The van der Waals surface area contributed by atoms with Crippen molar-refractivity contribution in [3.63, 3.8) is 0 Å². The van der Waals surface area contributed by atoms with E-state index in [0.717, 1.165) is 0 Å². The predicted molar refractivity (Wildman–Crippen MR) is 82.2 cm³/mol. The molecule has 118 valence electrons. The Kier molecular flexibility index (Phi) is 4.37. The topological polar surface area (TPSA) is 82.2 Å². The SMILES string of the molecule is C[C@H](Cn1cncn1)NC(=O)c1ccc(Oc2ccccc2)o1. The van der Waals surface area contributed by atoms with Crippen LogP contribution in [0.4, 0.5) is 0 Å². The minimum Gasteiger partial charge on any atom is -0.426 e. The van der Waals surface area contributed by atoms with Crippen LogP contribution in [0.3, 0.4) is 0 Å². The van der Waals surface area contributed by atoms with Gasteiger partial charge in [-0.3, -0.25) is 9.48 Å². The summed E-state index contributed by atoms with van der Waals surface area (Å²) < 4.78 is 12.6. The Morgan fingerprint density at radius 1 is 1.30 bits per heavy atom. The standard InChI is InChI=1S/C16H16N4O3/c1-12(9-20-11-17-10-18-20)19-16(21)14-7-8-15(23-14)22-13-5-3-2-4-6-13/h2-8,10-12H,9H2,1H3,(H,19,21)/t12-/m1/s1. The highest BCUT2D eigenvalue weighted by molar-refractivity contribution is 5.91. The fourth-order valence-corrected chi connectivity index (χ4v) is 2.05. The second kappa shape index (κ2) is 6.78. The third kappa shape index (κ3) is 3.97. The van der Waals surface area contributed by atoms with Crippen LogP contribution >= 0.6 is 0 Å². The average Bonchev–Trinajstić information content (AvgIpc) is 3.20. The first-order valence-corrected chi connectivity index (χ1v) is 7.17. The first-order valence-electron chi connectivity index (χ1n) is 7.17. The highest BCUT2D eigenvalue weighted by atomic mass is 16.6. The Labute approximate surface area is 132 Å². The van der Waals surface area contributed by atoms with E-state index >= 15 is 0 Å². The first kappa shape index (κ1) is 14.8. The van der Waals surface area contributed by atoms with Crippen molar-refractivity contribution in [3.05, 3.63) is 60.9 Å². The van der Waals surface area contributed by atoms with E-state index in [2.05, 4.69) is 15.4 Å². The molecule has 1 aromatic carbocycles. The van der Waals surface area contributed by atoms with E-state index < -0.39 is 0 Å². The summed E-state index contributed by atoms with van der Waals surface area (Å²) in [4.78, 5) is 16.0. The third-order valence-electron chi connectivity index (χ3n) is 3.07. The molecule has 1 atom stereocenters. The number of nitrogens with one attached hydrogen (secondary N) is 1. The number of hydrogen-bond donors (Lipinski definition) is 1. The Bertz CT molecular complexity index is 753. The predicted octanol–water partition coefficient (Wildman–Crippen LogP) is 2.48. The largest absolute Gasteiger partial charge is 0.426 e. The smallest absolute Gasteiger partial charge is 0.290 e. The fourth-order valence-electron chi connectivity index (χ4n) is 2.05. The number of amides is 1. The lowest BCUT2D eigenvalue weighted by molar-refractivity contribution is 0.0903. The van der Waals surface area contributed by atoms with Gasteiger partial charge in [0.1, 0.15) is 18.4 Å². The van der Waals surface area contributed by atoms with Crippen molar-refractivity contribution < 1.29 is 13.9 Å². The number of hydrogen-bond acceptors (Lipinski definition) is 5. The molecule has 3 aromatic rings. The number of para-hydroxylation sites is 1. The van der Waals surface area contributed by atoms with Gasteiger partial charge in [0.2, 0.25) is 0 Å². The molecular weight excluding hydrogens is 296 g/mol. The summed E-state index contributed by atoms with van der Waals surface area (Å²) >= 11 is 0. The van der Waals surface area contributed by atoms with E-state index in [9.17, 15) is 4.79 Å². The zero-order valence-corrected chi connectivity index (χ0v) is 12.5. The van der Waals surface area contributed by atoms with Gasteiger partial charge in [0.05, 0.1) is 6.54 Å². The second-order valence-corrected chi connectivity index (χ2v) is 5.03. The van der Waals surface area contributed by atoms with E-state index in [-0.39, 0.29) is 23.7 Å². The van der Waals surface area contributed by atoms with Crippen molar-refractivity contribution in [2.24, 2.45) is 0 Å². The number of ether oxygens (including phenoxy) is 1. The Morgan fingerprint density at radius 3 is 2.87 bits per heavy atom. The second-order valence-electron chi connectivity index (χ2n) is 5.03. The van der Waals surface area contributed by atoms with Gasteiger partial charge in [0.25, 0.3) is 11.9 Å². The van der Waals surface area contributed by atoms with Crippen molar-refractivity contribution in [1.29, 1.82) is 0 Å². The van der Waals surface area contributed by atoms with Gasteiger partial charge < -0.3 is 14.5 Å². The van der Waals surface area contributed by atoms with Crippen LogP contribution in [0.15, 0.2) is 59.5 Å². The highest BCUT2D eigenvalue weighted by Gasteiger charge is 2.15. The van der Waals surface area contributed by atoms with Gasteiger partial charge in [0, 0.05) is 12.1 Å². The van der Waals surface area contributed by atoms with Crippen LogP contribution < -0.4 is 10.1 Å². The van der Waals surface area contributed by atoms with E-state index in [1.54, 1.807) is 23.1 Å². The molecule has 0 fully saturated rings. The lowest BCUT2D eigenvalue weighted by atomic mass is 10.3. The van der Waals surface area contributed by atoms with E-state index in [1.807, 2.05) is 37.3 Å². The molecule has 7 nitrogen and oxygen atoms in total. The number of rotatable bonds is 6.